The van der Waals surface area contributed by atoms with Gasteiger partial charge in [0.05, 0.1) is 0 Å². The van der Waals surface area contributed by atoms with Crippen molar-refractivity contribution in [2.24, 2.45) is 0 Å². The van der Waals surface area contributed by atoms with E-state index in [1.165, 1.54) is 21.5 Å². The molecule has 0 aliphatic heterocycles. The molecule has 9 heteroatoms. The third kappa shape index (κ3) is 7.00. The van der Waals surface area contributed by atoms with Crippen LogP contribution >= 0.6 is 11.7 Å². The average molecular weight is 374 g/mol. The molecule has 0 aromatic heterocycles. The first-order valence-corrected chi connectivity index (χ1v) is 5.65. The Kier molecular flexibility index (Phi) is 4.59. The van der Waals surface area contributed by atoms with Crippen LogP contribution in [0, 0.1) is 0 Å². The summed E-state index contributed by atoms with van der Waals surface area (Å²) in [6.45, 7) is 0. The van der Waals surface area contributed by atoms with Gasteiger partial charge in [0, 0.05) is 0 Å². The van der Waals surface area contributed by atoms with Gasteiger partial charge >= 0.3 is 72.6 Å². The Morgan fingerprint density at radius 3 is 2.11 bits per heavy atom. The second-order valence-electron chi connectivity index (χ2n) is 0.750. The van der Waals surface area contributed by atoms with E-state index in [9.17, 15) is 12.6 Å². The van der Waals surface area contributed by atoms with Crippen LogP contribution in [0.2, 0.25) is 0 Å². The molecule has 0 aromatic rings. The fourth-order valence-electron chi connectivity index (χ4n) is 0.0786. The molecular weight excluding hydrogens is 373 g/mol. The van der Waals surface area contributed by atoms with E-state index in [1.807, 2.05) is 0 Å². The molecule has 0 heterocycles. The molecule has 0 aliphatic carbocycles. The zero-order valence-electron chi connectivity index (χ0n) is 3.61. The van der Waals surface area contributed by atoms with Gasteiger partial charge in [-0.25, -0.2) is 0 Å². The van der Waals surface area contributed by atoms with E-state index in [4.69, 9.17) is 0 Å². The van der Waals surface area contributed by atoms with Gasteiger partial charge in [-0.05, 0) is 0 Å². The van der Waals surface area contributed by atoms with Crippen molar-refractivity contribution in [1.29, 1.82) is 0 Å². The van der Waals surface area contributed by atoms with E-state index >= 15 is 0 Å². The molecule has 60 valence electrons. The molecule has 0 aromatic carbocycles. The summed E-state index contributed by atoms with van der Waals surface area (Å²) in [7, 11) is -3.98. The Morgan fingerprint density at radius 2 is 2.00 bits per heavy atom. The quantitative estimate of drug-likeness (QED) is 0.400. The Labute approximate surface area is 72.3 Å². The summed E-state index contributed by atoms with van der Waals surface area (Å²) >= 11 is 2.03. The molecule has 0 N–H and O–H groups in total. The van der Waals surface area contributed by atoms with E-state index in [1.54, 1.807) is 0 Å². The van der Waals surface area contributed by atoms with Crippen LogP contribution in [-0.2, 0) is 48.3 Å². The second-order valence-corrected chi connectivity index (χ2v) is 5.08. The Hall–Kier alpha value is 1.11. The molecule has 0 amide bonds. The Morgan fingerprint density at radius 1 is 1.56 bits per heavy atom. The van der Waals surface area contributed by atoms with Crippen molar-refractivity contribution >= 4 is 32.2 Å². The molecule has 0 aliphatic rings. The first-order chi connectivity index (χ1) is 3.95. The molecular formula is HAuO5S3. The molecule has 0 saturated carbocycles. The number of thiol groups is 1. The van der Waals surface area contributed by atoms with Gasteiger partial charge in [-0.15, -0.1) is 0 Å². The summed E-state index contributed by atoms with van der Waals surface area (Å²) in [6, 6.07) is 0. The summed E-state index contributed by atoms with van der Waals surface area (Å²) in [5, 5.41) is 0. The molecule has 1 atom stereocenters. The molecule has 9 heavy (non-hydrogen) atoms. The fraction of sp³-hybridized carbons (Fsp3) is 0. The topological polar surface area (TPSA) is 69.7 Å². The van der Waals surface area contributed by atoms with Crippen LogP contribution in [0.4, 0.5) is 0 Å². The summed E-state index contributed by atoms with van der Waals surface area (Å²) < 4.78 is 37.5. The maximum atomic E-state index is 10.1. The maximum absolute atomic E-state index is 10.1. The van der Waals surface area contributed by atoms with Crippen molar-refractivity contribution in [3.63, 3.8) is 0 Å². The van der Waals surface area contributed by atoms with Crippen LogP contribution in [0.15, 0.2) is 0 Å². The van der Waals surface area contributed by atoms with Crippen LogP contribution in [0.5, 0.6) is 0 Å². The summed E-state index contributed by atoms with van der Waals surface area (Å²) in [5.74, 6) is 0. The first kappa shape index (κ1) is 10.1. The predicted molar refractivity (Wildman–Crippen MR) is 28.2 cm³/mol. The molecule has 0 saturated heterocycles. The predicted octanol–water partition coefficient (Wildman–Crippen LogP) is -0.765. The molecule has 0 spiro atoms. The van der Waals surface area contributed by atoms with Gasteiger partial charge in [0.1, 0.15) is 0 Å². The minimum atomic E-state index is -3.98. The first-order valence-electron chi connectivity index (χ1n) is 1.31. The Bertz CT molecular complexity index is 190. The number of hydrogen-bond donors (Lipinski definition) is 1. The van der Waals surface area contributed by atoms with Gasteiger partial charge in [-0.1, -0.05) is 0 Å². The van der Waals surface area contributed by atoms with E-state index < -0.39 is 20.5 Å². The molecule has 0 bridgehead atoms. The van der Waals surface area contributed by atoms with Gasteiger partial charge in [0.25, 0.3) is 0 Å². The van der Waals surface area contributed by atoms with E-state index in [2.05, 4.69) is 18.0 Å². The van der Waals surface area contributed by atoms with Crippen molar-refractivity contribution in [3.8, 4) is 0 Å². The summed E-state index contributed by atoms with van der Waals surface area (Å²) in [6.07, 6.45) is 0. The van der Waals surface area contributed by atoms with Gasteiger partial charge < -0.3 is 0 Å². The van der Waals surface area contributed by atoms with E-state index in [0.717, 1.165) is 0 Å². The van der Waals surface area contributed by atoms with Crippen molar-refractivity contribution in [1.82, 2.24) is 0 Å². The summed E-state index contributed by atoms with van der Waals surface area (Å²) in [5.41, 5.74) is 0. The van der Waals surface area contributed by atoms with Gasteiger partial charge in [0.15, 0.2) is 0 Å². The second kappa shape index (κ2) is 4.09. The van der Waals surface area contributed by atoms with Crippen molar-refractivity contribution < 1.29 is 40.4 Å². The number of hydrogen-bond acceptors (Lipinski definition) is 5. The van der Waals surface area contributed by atoms with Crippen LogP contribution in [0.3, 0.4) is 0 Å². The zero-order valence-corrected chi connectivity index (χ0v) is 8.30. The third-order valence-corrected chi connectivity index (χ3v) is 2.83. The van der Waals surface area contributed by atoms with Gasteiger partial charge in [-0.2, -0.15) is 0 Å². The van der Waals surface area contributed by atoms with Crippen molar-refractivity contribution in [2.75, 3.05) is 0 Å². The SMILES string of the molecule is O=S([O][Au])OS(=O)(=O)S. The molecule has 0 radical (unpaired) electrons. The number of rotatable bonds is 3. The molecule has 0 fully saturated rings. The molecule has 1 unspecified atom stereocenters. The Balaban J connectivity index is 3.91. The van der Waals surface area contributed by atoms with Crippen LogP contribution in [0.1, 0.15) is 0 Å². The van der Waals surface area contributed by atoms with E-state index in [0.29, 0.717) is 0 Å². The zero-order chi connectivity index (χ0) is 7.49. The van der Waals surface area contributed by atoms with Gasteiger partial charge in [-0.3, -0.25) is 0 Å². The molecule has 5 nitrogen and oxygen atoms in total. The van der Waals surface area contributed by atoms with Crippen molar-refractivity contribution in [3.05, 3.63) is 0 Å². The van der Waals surface area contributed by atoms with Crippen LogP contribution < -0.4 is 0 Å². The van der Waals surface area contributed by atoms with Crippen LogP contribution in [0.25, 0.3) is 0 Å². The van der Waals surface area contributed by atoms with Crippen molar-refractivity contribution in [2.45, 2.75) is 0 Å². The minimum absolute atomic E-state index is 1.39. The summed E-state index contributed by atoms with van der Waals surface area (Å²) in [4.78, 5) is 0. The third-order valence-electron chi connectivity index (χ3n) is 0.183. The van der Waals surface area contributed by atoms with Gasteiger partial charge in [0.2, 0.25) is 0 Å². The fourth-order valence-corrected chi connectivity index (χ4v) is 1.70. The normalized spacial score (nSPS) is 15.4. The average Bonchev–Trinajstić information content (AvgIpc) is 1.62. The van der Waals surface area contributed by atoms with E-state index in [-0.39, 0.29) is 0 Å². The standard InChI is InChI=1S/Au.H2O5S3/c;1-7(2)5-8(3,4)6/h;(H,1,2)(H,3,4,6)/q+1;/p-1. The van der Waals surface area contributed by atoms with Crippen LogP contribution in [-0.4, -0.2) is 12.6 Å². The molecule has 0 rings (SSSR count). The monoisotopic (exact) mass is 374 g/mol.